The monoisotopic (exact) mass is 435 g/mol. The van der Waals surface area contributed by atoms with Crippen molar-refractivity contribution in [3.63, 3.8) is 0 Å². The summed E-state index contributed by atoms with van der Waals surface area (Å²) in [5.41, 5.74) is 1.94. The van der Waals surface area contributed by atoms with Crippen LogP contribution in [-0.2, 0) is 4.79 Å². The lowest BCUT2D eigenvalue weighted by Gasteiger charge is -2.12. The van der Waals surface area contributed by atoms with Gasteiger partial charge in [-0.1, -0.05) is 24.3 Å². The Bertz CT molecular complexity index is 759. The third-order valence-corrected chi connectivity index (χ3v) is 4.61. The number of halogens is 1. The third-order valence-electron chi connectivity index (χ3n) is 3.67. The standard InChI is InChI=1S/C18H18IN3O2/c19-14-6-2-4-8-16(14)20-11-17(23)22-15-7-3-1-5-13(15)18(24)21-12-9-10-12/h1-8,12,20H,9-11H2,(H,21,24)(H,22,23). The fourth-order valence-corrected chi connectivity index (χ4v) is 2.83. The molecule has 2 aromatic carbocycles. The van der Waals surface area contributed by atoms with Gasteiger partial charge in [-0.15, -0.1) is 0 Å². The summed E-state index contributed by atoms with van der Waals surface area (Å²) in [6.45, 7) is 0.137. The van der Waals surface area contributed by atoms with Crippen molar-refractivity contribution in [2.45, 2.75) is 18.9 Å². The molecular formula is C18H18IN3O2. The molecule has 2 amide bonds. The quantitative estimate of drug-likeness (QED) is 0.611. The summed E-state index contributed by atoms with van der Waals surface area (Å²) >= 11 is 2.21. The number of para-hydroxylation sites is 2. The SMILES string of the molecule is O=C(CNc1ccccc1I)Nc1ccccc1C(=O)NC1CC1. The van der Waals surface area contributed by atoms with Crippen molar-refractivity contribution in [2.75, 3.05) is 17.2 Å². The molecule has 5 nitrogen and oxygen atoms in total. The minimum absolute atomic E-state index is 0.137. The molecule has 0 atom stereocenters. The molecule has 124 valence electrons. The van der Waals surface area contributed by atoms with Crippen molar-refractivity contribution in [1.82, 2.24) is 5.32 Å². The Hall–Kier alpha value is -2.09. The largest absolute Gasteiger partial charge is 0.375 e. The number of carbonyl (C=O) groups is 2. The topological polar surface area (TPSA) is 70.2 Å². The van der Waals surface area contributed by atoms with Gasteiger partial charge in [-0.05, 0) is 59.7 Å². The van der Waals surface area contributed by atoms with Gasteiger partial charge >= 0.3 is 0 Å². The zero-order chi connectivity index (χ0) is 16.9. The molecule has 0 bridgehead atoms. The number of rotatable bonds is 6. The summed E-state index contributed by atoms with van der Waals surface area (Å²) in [5, 5.41) is 8.86. The lowest BCUT2D eigenvalue weighted by atomic mass is 10.1. The minimum atomic E-state index is -0.193. The molecule has 0 radical (unpaired) electrons. The molecule has 6 heteroatoms. The Morgan fingerprint density at radius 2 is 1.67 bits per heavy atom. The second kappa shape index (κ2) is 7.65. The van der Waals surface area contributed by atoms with Crippen LogP contribution < -0.4 is 16.0 Å². The lowest BCUT2D eigenvalue weighted by Crippen LogP contribution is -2.28. The van der Waals surface area contributed by atoms with E-state index in [1.807, 2.05) is 24.3 Å². The van der Waals surface area contributed by atoms with Crippen LogP contribution in [0.3, 0.4) is 0 Å². The molecule has 1 saturated carbocycles. The van der Waals surface area contributed by atoms with Crippen LogP contribution in [0.1, 0.15) is 23.2 Å². The number of nitrogens with one attached hydrogen (secondary N) is 3. The summed E-state index contributed by atoms with van der Waals surface area (Å²) in [7, 11) is 0. The molecule has 1 aliphatic carbocycles. The molecule has 2 aromatic rings. The van der Waals surface area contributed by atoms with Gasteiger partial charge in [0.15, 0.2) is 0 Å². The van der Waals surface area contributed by atoms with E-state index < -0.39 is 0 Å². The average Bonchev–Trinajstić information content (AvgIpc) is 3.38. The van der Waals surface area contributed by atoms with Gasteiger partial charge in [0.25, 0.3) is 5.91 Å². The van der Waals surface area contributed by atoms with Crippen molar-refractivity contribution in [2.24, 2.45) is 0 Å². The number of benzene rings is 2. The number of hydrogen-bond donors (Lipinski definition) is 3. The summed E-state index contributed by atoms with van der Waals surface area (Å²) < 4.78 is 1.05. The van der Waals surface area contributed by atoms with E-state index in [1.165, 1.54) is 0 Å². The molecule has 3 N–H and O–H groups in total. The second-order valence-corrected chi connectivity index (χ2v) is 6.84. The highest BCUT2D eigenvalue weighted by Crippen LogP contribution is 2.21. The van der Waals surface area contributed by atoms with E-state index in [1.54, 1.807) is 24.3 Å². The van der Waals surface area contributed by atoms with Crippen molar-refractivity contribution < 1.29 is 9.59 Å². The van der Waals surface area contributed by atoms with Gasteiger partial charge in [0.05, 0.1) is 17.8 Å². The summed E-state index contributed by atoms with van der Waals surface area (Å²) in [5.74, 6) is -0.333. The second-order valence-electron chi connectivity index (χ2n) is 5.67. The maximum absolute atomic E-state index is 12.2. The van der Waals surface area contributed by atoms with E-state index in [2.05, 4.69) is 38.5 Å². The van der Waals surface area contributed by atoms with Gasteiger partial charge in [0, 0.05) is 15.3 Å². The van der Waals surface area contributed by atoms with E-state index >= 15 is 0 Å². The van der Waals surface area contributed by atoms with Crippen LogP contribution in [0.5, 0.6) is 0 Å². The predicted octanol–water partition coefficient (Wildman–Crippen LogP) is 3.23. The van der Waals surface area contributed by atoms with Crippen LogP contribution in [0.25, 0.3) is 0 Å². The third kappa shape index (κ3) is 4.47. The van der Waals surface area contributed by atoms with Crippen LogP contribution in [0.4, 0.5) is 11.4 Å². The molecule has 0 unspecified atom stereocenters. The zero-order valence-corrected chi connectivity index (χ0v) is 15.2. The molecule has 0 spiro atoms. The number of amides is 2. The fraction of sp³-hybridized carbons (Fsp3) is 0.222. The molecular weight excluding hydrogens is 417 g/mol. The van der Waals surface area contributed by atoms with Crippen LogP contribution >= 0.6 is 22.6 Å². The van der Waals surface area contributed by atoms with Crippen molar-refractivity contribution in [1.29, 1.82) is 0 Å². The Morgan fingerprint density at radius 3 is 2.38 bits per heavy atom. The highest BCUT2D eigenvalue weighted by Gasteiger charge is 2.24. The first kappa shape index (κ1) is 16.8. The molecule has 0 heterocycles. The number of hydrogen-bond acceptors (Lipinski definition) is 3. The van der Waals surface area contributed by atoms with Gasteiger partial charge in [0.2, 0.25) is 5.91 Å². The van der Waals surface area contributed by atoms with Crippen LogP contribution in [0, 0.1) is 3.57 Å². The highest BCUT2D eigenvalue weighted by atomic mass is 127. The van der Waals surface area contributed by atoms with Gasteiger partial charge in [-0.2, -0.15) is 0 Å². The molecule has 1 fully saturated rings. The maximum Gasteiger partial charge on any atom is 0.253 e. The highest BCUT2D eigenvalue weighted by molar-refractivity contribution is 14.1. The van der Waals surface area contributed by atoms with Crippen LogP contribution in [0.2, 0.25) is 0 Å². The zero-order valence-electron chi connectivity index (χ0n) is 13.0. The van der Waals surface area contributed by atoms with E-state index in [0.29, 0.717) is 11.3 Å². The van der Waals surface area contributed by atoms with Gasteiger partial charge in [0.1, 0.15) is 0 Å². The molecule has 3 rings (SSSR count). The first-order valence-corrected chi connectivity index (χ1v) is 8.89. The van der Waals surface area contributed by atoms with Crippen molar-refractivity contribution in [3.05, 3.63) is 57.7 Å². The Morgan fingerprint density at radius 1 is 1.00 bits per heavy atom. The molecule has 0 aromatic heterocycles. The van der Waals surface area contributed by atoms with E-state index in [9.17, 15) is 9.59 Å². The summed E-state index contributed by atoms with van der Waals surface area (Å²) in [6, 6.07) is 15.1. The maximum atomic E-state index is 12.2. The lowest BCUT2D eigenvalue weighted by molar-refractivity contribution is -0.114. The van der Waals surface area contributed by atoms with Crippen LogP contribution in [-0.4, -0.2) is 24.4 Å². The van der Waals surface area contributed by atoms with E-state index in [0.717, 1.165) is 22.1 Å². The smallest absolute Gasteiger partial charge is 0.253 e. The van der Waals surface area contributed by atoms with Crippen LogP contribution in [0.15, 0.2) is 48.5 Å². The summed E-state index contributed by atoms with van der Waals surface area (Å²) in [4.78, 5) is 24.4. The molecule has 1 aliphatic rings. The Labute approximate surface area is 154 Å². The van der Waals surface area contributed by atoms with Crippen molar-refractivity contribution >= 4 is 45.8 Å². The first-order chi connectivity index (χ1) is 11.6. The van der Waals surface area contributed by atoms with Gasteiger partial charge in [-0.3, -0.25) is 9.59 Å². The van der Waals surface area contributed by atoms with Crippen molar-refractivity contribution in [3.8, 4) is 0 Å². The molecule has 0 aliphatic heterocycles. The van der Waals surface area contributed by atoms with Gasteiger partial charge in [-0.25, -0.2) is 0 Å². The first-order valence-electron chi connectivity index (χ1n) is 7.81. The molecule has 0 saturated heterocycles. The van der Waals surface area contributed by atoms with E-state index in [-0.39, 0.29) is 24.4 Å². The normalized spacial score (nSPS) is 13.2. The Kier molecular flexibility index (Phi) is 5.34. The minimum Gasteiger partial charge on any atom is -0.375 e. The Balaban J connectivity index is 1.61. The molecule has 24 heavy (non-hydrogen) atoms. The number of carbonyl (C=O) groups excluding carboxylic acids is 2. The fourth-order valence-electron chi connectivity index (χ4n) is 2.26. The van der Waals surface area contributed by atoms with E-state index in [4.69, 9.17) is 0 Å². The van der Waals surface area contributed by atoms with Gasteiger partial charge < -0.3 is 16.0 Å². The predicted molar refractivity (Wildman–Crippen MR) is 103 cm³/mol. The summed E-state index contributed by atoms with van der Waals surface area (Å²) in [6.07, 6.45) is 2.06. The number of anilines is 2. The average molecular weight is 435 g/mol.